The number of aliphatic hydroxyl groups is 1. The highest BCUT2D eigenvalue weighted by molar-refractivity contribution is 4.75. The van der Waals surface area contributed by atoms with Crippen molar-refractivity contribution in [1.82, 2.24) is 4.90 Å². The van der Waals surface area contributed by atoms with E-state index in [4.69, 9.17) is 5.73 Å². The Morgan fingerprint density at radius 3 is 2.62 bits per heavy atom. The van der Waals surface area contributed by atoms with Gasteiger partial charge in [0.15, 0.2) is 0 Å². The molecule has 3 nitrogen and oxygen atoms in total. The third-order valence-electron chi connectivity index (χ3n) is 2.81. The predicted molar refractivity (Wildman–Crippen MR) is 54.3 cm³/mol. The fourth-order valence-corrected chi connectivity index (χ4v) is 1.79. The minimum absolute atomic E-state index is 0.229. The maximum atomic E-state index is 9.78. The van der Waals surface area contributed by atoms with E-state index in [1.807, 2.05) is 0 Å². The van der Waals surface area contributed by atoms with Crippen LogP contribution in [0.5, 0.6) is 0 Å². The molecule has 1 rings (SSSR count). The first-order valence-corrected chi connectivity index (χ1v) is 5.41. The van der Waals surface area contributed by atoms with E-state index in [-0.39, 0.29) is 6.23 Å². The number of hydrogen-bond acceptors (Lipinski definition) is 3. The molecule has 1 aliphatic rings. The molecule has 1 fully saturated rings. The van der Waals surface area contributed by atoms with E-state index in [9.17, 15) is 5.11 Å². The number of hydrogen-bond donors (Lipinski definition) is 2. The second-order valence-corrected chi connectivity index (χ2v) is 4.00. The van der Waals surface area contributed by atoms with Gasteiger partial charge in [-0.3, -0.25) is 4.90 Å². The quantitative estimate of drug-likeness (QED) is 0.686. The smallest absolute Gasteiger partial charge is 0.107 e. The molecule has 1 aliphatic heterocycles. The Morgan fingerprint density at radius 1 is 1.46 bits per heavy atom. The van der Waals surface area contributed by atoms with Crippen molar-refractivity contribution in [2.45, 2.75) is 51.3 Å². The molecule has 1 unspecified atom stereocenters. The first kappa shape index (κ1) is 11.0. The average Bonchev–Trinajstić information content (AvgIpc) is 2.15. The van der Waals surface area contributed by atoms with Crippen LogP contribution in [0, 0.1) is 0 Å². The molecule has 0 aliphatic carbocycles. The fourth-order valence-electron chi connectivity index (χ4n) is 1.79. The second-order valence-electron chi connectivity index (χ2n) is 4.00. The lowest BCUT2D eigenvalue weighted by Crippen LogP contribution is -2.44. The van der Waals surface area contributed by atoms with E-state index in [1.54, 1.807) is 0 Å². The second kappa shape index (κ2) is 5.58. The Balaban J connectivity index is 2.19. The van der Waals surface area contributed by atoms with Gasteiger partial charge in [-0.2, -0.15) is 0 Å². The van der Waals surface area contributed by atoms with Crippen LogP contribution in [0.4, 0.5) is 0 Å². The molecule has 3 N–H and O–H groups in total. The number of nitrogens with zero attached hydrogens (tertiary/aromatic N) is 1. The first-order valence-electron chi connectivity index (χ1n) is 5.41. The maximum absolute atomic E-state index is 9.78. The Hall–Kier alpha value is -0.120. The summed E-state index contributed by atoms with van der Waals surface area (Å²) in [5.41, 5.74) is 5.79. The minimum atomic E-state index is -0.229. The summed E-state index contributed by atoms with van der Waals surface area (Å²) in [6, 6.07) is 0.356. The van der Waals surface area contributed by atoms with Gasteiger partial charge in [-0.25, -0.2) is 0 Å². The molecule has 78 valence electrons. The van der Waals surface area contributed by atoms with E-state index < -0.39 is 0 Å². The first-order chi connectivity index (χ1) is 6.24. The van der Waals surface area contributed by atoms with Crippen molar-refractivity contribution in [2.75, 3.05) is 13.1 Å². The molecular weight excluding hydrogens is 164 g/mol. The number of nitrogens with two attached hydrogens (primary N) is 1. The van der Waals surface area contributed by atoms with Crippen LogP contribution in [0.2, 0.25) is 0 Å². The Labute approximate surface area is 80.9 Å². The molecule has 0 aromatic rings. The molecule has 0 aromatic heterocycles. The van der Waals surface area contributed by atoms with Gasteiger partial charge in [-0.05, 0) is 25.7 Å². The van der Waals surface area contributed by atoms with Crippen molar-refractivity contribution in [3.05, 3.63) is 0 Å². The molecule has 0 radical (unpaired) electrons. The van der Waals surface area contributed by atoms with Crippen LogP contribution < -0.4 is 5.73 Å². The van der Waals surface area contributed by atoms with Crippen molar-refractivity contribution in [3.8, 4) is 0 Å². The van der Waals surface area contributed by atoms with Gasteiger partial charge in [0.05, 0.1) is 0 Å². The van der Waals surface area contributed by atoms with Gasteiger partial charge in [0.2, 0.25) is 0 Å². The highest BCUT2D eigenvalue weighted by Crippen LogP contribution is 2.13. The van der Waals surface area contributed by atoms with E-state index in [0.717, 1.165) is 45.2 Å². The van der Waals surface area contributed by atoms with Crippen molar-refractivity contribution < 1.29 is 5.11 Å². The highest BCUT2D eigenvalue weighted by atomic mass is 16.3. The predicted octanol–water partition coefficient (Wildman–Crippen LogP) is 0.918. The van der Waals surface area contributed by atoms with Crippen molar-refractivity contribution in [2.24, 2.45) is 5.73 Å². The molecule has 1 heterocycles. The lowest BCUT2D eigenvalue weighted by Gasteiger charge is -2.33. The van der Waals surface area contributed by atoms with E-state index in [1.165, 1.54) is 0 Å². The van der Waals surface area contributed by atoms with E-state index >= 15 is 0 Å². The van der Waals surface area contributed by atoms with Crippen LogP contribution >= 0.6 is 0 Å². The topological polar surface area (TPSA) is 49.5 Å². The van der Waals surface area contributed by atoms with Gasteiger partial charge in [0.1, 0.15) is 6.23 Å². The van der Waals surface area contributed by atoms with E-state index in [0.29, 0.717) is 6.04 Å². The zero-order valence-electron chi connectivity index (χ0n) is 8.58. The van der Waals surface area contributed by atoms with Crippen LogP contribution in [0.25, 0.3) is 0 Å². The van der Waals surface area contributed by atoms with Gasteiger partial charge >= 0.3 is 0 Å². The third-order valence-corrected chi connectivity index (χ3v) is 2.81. The summed E-state index contributed by atoms with van der Waals surface area (Å²) in [5, 5.41) is 9.78. The largest absolute Gasteiger partial charge is 0.378 e. The van der Waals surface area contributed by atoms with Gasteiger partial charge in [0.25, 0.3) is 0 Å². The minimum Gasteiger partial charge on any atom is -0.378 e. The lowest BCUT2D eigenvalue weighted by molar-refractivity contribution is -0.0171. The van der Waals surface area contributed by atoms with Gasteiger partial charge in [-0.15, -0.1) is 0 Å². The van der Waals surface area contributed by atoms with Gasteiger partial charge in [-0.1, -0.05) is 13.3 Å². The van der Waals surface area contributed by atoms with Crippen molar-refractivity contribution in [1.29, 1.82) is 0 Å². The summed E-state index contributed by atoms with van der Waals surface area (Å²) < 4.78 is 0. The number of piperidine rings is 1. The standard InChI is InChI=1S/C10H22N2O/c1-2-3-4-10(13)12-7-5-9(11)6-8-12/h9-10,13H,2-8,11H2,1H3. The zero-order chi connectivity index (χ0) is 9.68. The summed E-state index contributed by atoms with van der Waals surface area (Å²) in [5.74, 6) is 0. The van der Waals surface area contributed by atoms with Crippen LogP contribution in [0.1, 0.15) is 39.0 Å². The Bertz CT molecular complexity index is 133. The monoisotopic (exact) mass is 186 g/mol. The average molecular weight is 186 g/mol. The van der Waals surface area contributed by atoms with Crippen LogP contribution in [0.3, 0.4) is 0 Å². The maximum Gasteiger partial charge on any atom is 0.107 e. The molecule has 1 atom stereocenters. The molecule has 0 aromatic carbocycles. The summed E-state index contributed by atoms with van der Waals surface area (Å²) in [7, 11) is 0. The van der Waals surface area contributed by atoms with Gasteiger partial charge in [0, 0.05) is 19.1 Å². The van der Waals surface area contributed by atoms with Crippen LogP contribution in [0.15, 0.2) is 0 Å². The fraction of sp³-hybridized carbons (Fsp3) is 1.00. The summed E-state index contributed by atoms with van der Waals surface area (Å²) in [6.45, 7) is 4.08. The third kappa shape index (κ3) is 3.63. The molecule has 13 heavy (non-hydrogen) atoms. The molecule has 0 bridgehead atoms. The Morgan fingerprint density at radius 2 is 2.08 bits per heavy atom. The molecule has 0 saturated carbocycles. The summed E-state index contributed by atoms with van der Waals surface area (Å²) in [4.78, 5) is 2.15. The molecule has 0 spiro atoms. The Kier molecular flexibility index (Phi) is 4.70. The molecule has 0 amide bonds. The van der Waals surface area contributed by atoms with Gasteiger partial charge < -0.3 is 10.8 Å². The number of likely N-dealkylation sites (tertiary alicyclic amines) is 1. The normalized spacial score (nSPS) is 23.3. The van der Waals surface area contributed by atoms with Crippen molar-refractivity contribution in [3.63, 3.8) is 0 Å². The van der Waals surface area contributed by atoms with Crippen LogP contribution in [-0.4, -0.2) is 35.4 Å². The SMILES string of the molecule is CCCCC(O)N1CCC(N)CC1. The summed E-state index contributed by atoms with van der Waals surface area (Å²) in [6.07, 6.45) is 5.01. The van der Waals surface area contributed by atoms with Crippen molar-refractivity contribution >= 4 is 0 Å². The lowest BCUT2D eigenvalue weighted by atomic mass is 10.1. The number of unbranched alkanes of at least 4 members (excludes halogenated alkanes) is 1. The molecular formula is C10H22N2O. The number of rotatable bonds is 4. The molecule has 1 saturated heterocycles. The zero-order valence-corrected chi connectivity index (χ0v) is 8.58. The van der Waals surface area contributed by atoms with E-state index in [2.05, 4.69) is 11.8 Å². The van der Waals surface area contributed by atoms with Crippen LogP contribution in [-0.2, 0) is 0 Å². The summed E-state index contributed by atoms with van der Waals surface area (Å²) >= 11 is 0. The highest BCUT2D eigenvalue weighted by Gasteiger charge is 2.20. The molecule has 3 heteroatoms. The number of aliphatic hydroxyl groups excluding tert-OH is 1.